The minimum atomic E-state index is -0.444. The fourth-order valence-corrected chi connectivity index (χ4v) is 4.52. The summed E-state index contributed by atoms with van der Waals surface area (Å²) in [7, 11) is 1.33. The van der Waals surface area contributed by atoms with Crippen LogP contribution in [-0.2, 0) is 19.1 Å². The number of nitrogens with one attached hydrogen (secondary N) is 2. The van der Waals surface area contributed by atoms with E-state index in [1.54, 1.807) is 0 Å². The normalized spacial score (nSPS) is 15.1. The molecule has 2 N–H and O–H groups in total. The lowest BCUT2D eigenvalue weighted by Crippen LogP contribution is -2.43. The fourth-order valence-electron chi connectivity index (χ4n) is 3.46. The van der Waals surface area contributed by atoms with Crippen LogP contribution in [0.3, 0.4) is 0 Å². The molecule has 1 aromatic heterocycles. The third-order valence-electron chi connectivity index (χ3n) is 5.32. The number of carbonyl (C=O) groups excluding carboxylic acids is 3. The van der Waals surface area contributed by atoms with Gasteiger partial charge in [0.1, 0.15) is 5.00 Å². The molecule has 1 aliphatic rings. The Hall–Kier alpha value is -1.97. The first-order valence-corrected chi connectivity index (χ1v) is 11.2. The monoisotopic (exact) mass is 439 g/mol. The molecule has 1 aliphatic heterocycles. The average molecular weight is 440 g/mol. The maximum atomic E-state index is 12.5. The summed E-state index contributed by atoms with van der Waals surface area (Å²) in [6.45, 7) is 9.31. The Labute approximate surface area is 182 Å². The van der Waals surface area contributed by atoms with Crippen LogP contribution in [0.2, 0.25) is 0 Å². The largest absolute Gasteiger partial charge is 0.465 e. The second-order valence-electron chi connectivity index (χ2n) is 7.42. The molecular formula is C21H33N3O5S. The molecule has 168 valence electrons. The lowest BCUT2D eigenvalue weighted by Gasteiger charge is -2.30. The number of nitrogens with zero attached hydrogens (tertiary/aromatic N) is 1. The highest BCUT2D eigenvalue weighted by molar-refractivity contribution is 7.16. The Morgan fingerprint density at radius 2 is 1.90 bits per heavy atom. The molecule has 2 heterocycles. The zero-order chi connectivity index (χ0) is 22.1. The molecule has 30 heavy (non-hydrogen) atoms. The molecule has 9 heteroatoms. The number of thiophene rings is 1. The van der Waals surface area contributed by atoms with Crippen molar-refractivity contribution >= 4 is 34.1 Å². The highest BCUT2D eigenvalue weighted by Crippen LogP contribution is 2.33. The van der Waals surface area contributed by atoms with Gasteiger partial charge in [0, 0.05) is 30.6 Å². The summed E-state index contributed by atoms with van der Waals surface area (Å²) >= 11 is 1.38. The van der Waals surface area contributed by atoms with Gasteiger partial charge in [0.05, 0.1) is 19.2 Å². The summed E-state index contributed by atoms with van der Waals surface area (Å²) < 4.78 is 10.1. The number of piperidine rings is 1. The third kappa shape index (κ3) is 6.78. The highest BCUT2D eigenvalue weighted by Gasteiger charge is 2.27. The van der Waals surface area contributed by atoms with Gasteiger partial charge in [-0.15, -0.1) is 11.3 Å². The summed E-state index contributed by atoms with van der Waals surface area (Å²) in [5.74, 6) is -0.534. The number of likely N-dealkylation sites (tertiary alicyclic amines) is 1. The van der Waals surface area contributed by atoms with E-state index in [0.717, 1.165) is 29.7 Å². The predicted molar refractivity (Wildman–Crippen MR) is 117 cm³/mol. The quantitative estimate of drug-likeness (QED) is 0.429. The van der Waals surface area contributed by atoms with E-state index in [1.807, 2.05) is 25.7 Å². The van der Waals surface area contributed by atoms with Crippen molar-refractivity contribution in [1.29, 1.82) is 0 Å². The first kappa shape index (κ1) is 24.3. The van der Waals surface area contributed by atoms with Gasteiger partial charge in [0.15, 0.2) is 0 Å². The van der Waals surface area contributed by atoms with Crippen molar-refractivity contribution in [2.45, 2.75) is 40.0 Å². The molecule has 0 radical (unpaired) electrons. The van der Waals surface area contributed by atoms with Gasteiger partial charge in [-0.1, -0.05) is 0 Å². The van der Waals surface area contributed by atoms with E-state index in [2.05, 4.69) is 10.6 Å². The maximum absolute atomic E-state index is 12.5. The van der Waals surface area contributed by atoms with Crippen LogP contribution in [0.1, 0.15) is 47.0 Å². The van der Waals surface area contributed by atoms with Crippen molar-refractivity contribution < 1.29 is 23.9 Å². The molecule has 1 fully saturated rings. The van der Waals surface area contributed by atoms with Crippen molar-refractivity contribution in [2.75, 3.05) is 51.8 Å². The van der Waals surface area contributed by atoms with Gasteiger partial charge in [-0.25, -0.2) is 4.79 Å². The highest BCUT2D eigenvalue weighted by atomic mass is 32.1. The van der Waals surface area contributed by atoms with Gasteiger partial charge < -0.3 is 20.1 Å². The summed E-state index contributed by atoms with van der Waals surface area (Å²) in [5.41, 5.74) is 1.25. The Morgan fingerprint density at radius 3 is 2.53 bits per heavy atom. The number of ether oxygens (including phenoxy) is 2. The molecule has 1 aromatic rings. The molecule has 0 unspecified atom stereocenters. The van der Waals surface area contributed by atoms with Crippen LogP contribution in [0.4, 0.5) is 5.00 Å². The minimum Gasteiger partial charge on any atom is -0.465 e. The molecule has 0 aliphatic carbocycles. The number of aryl methyl sites for hydroxylation is 1. The van der Waals surface area contributed by atoms with Gasteiger partial charge in [-0.2, -0.15) is 0 Å². The lowest BCUT2D eigenvalue weighted by atomic mass is 9.96. The second kappa shape index (κ2) is 12.0. The van der Waals surface area contributed by atoms with E-state index in [0.29, 0.717) is 43.4 Å². The Kier molecular flexibility index (Phi) is 9.74. The zero-order valence-corrected chi connectivity index (χ0v) is 19.2. The van der Waals surface area contributed by atoms with E-state index in [-0.39, 0.29) is 24.3 Å². The molecule has 0 spiro atoms. The first-order valence-electron chi connectivity index (χ1n) is 10.4. The molecular weight excluding hydrogens is 406 g/mol. The Morgan fingerprint density at radius 1 is 1.20 bits per heavy atom. The van der Waals surface area contributed by atoms with Gasteiger partial charge in [0.2, 0.25) is 11.8 Å². The van der Waals surface area contributed by atoms with Crippen LogP contribution in [0.25, 0.3) is 0 Å². The number of anilines is 1. The number of methoxy groups -OCH3 is 1. The number of esters is 1. The molecule has 8 nitrogen and oxygen atoms in total. The SMILES string of the molecule is CCOCCCNC(=O)C1CCN(CC(=O)Nc2sc(C)c(C)c2C(=O)OC)CC1. The Balaban J connectivity index is 1.78. The van der Waals surface area contributed by atoms with Gasteiger partial charge in [0.25, 0.3) is 0 Å². The molecule has 1 saturated heterocycles. The summed E-state index contributed by atoms with van der Waals surface area (Å²) in [4.78, 5) is 39.8. The second-order valence-corrected chi connectivity index (χ2v) is 8.64. The van der Waals surface area contributed by atoms with Crippen LogP contribution in [0.15, 0.2) is 0 Å². The van der Waals surface area contributed by atoms with Crippen molar-refractivity contribution in [3.05, 3.63) is 16.0 Å². The van der Waals surface area contributed by atoms with Gasteiger partial charge >= 0.3 is 5.97 Å². The van der Waals surface area contributed by atoms with Crippen LogP contribution in [-0.4, -0.2) is 69.2 Å². The average Bonchev–Trinajstić information content (AvgIpc) is 3.00. The van der Waals surface area contributed by atoms with Crippen molar-refractivity contribution in [1.82, 2.24) is 10.2 Å². The van der Waals surface area contributed by atoms with E-state index in [4.69, 9.17) is 9.47 Å². The van der Waals surface area contributed by atoms with Crippen molar-refractivity contribution in [3.63, 3.8) is 0 Å². The van der Waals surface area contributed by atoms with Crippen LogP contribution >= 0.6 is 11.3 Å². The van der Waals surface area contributed by atoms with E-state index in [9.17, 15) is 14.4 Å². The number of carbonyl (C=O) groups is 3. The summed E-state index contributed by atoms with van der Waals surface area (Å²) in [5, 5.41) is 6.36. The number of rotatable bonds is 10. The third-order valence-corrected chi connectivity index (χ3v) is 6.44. The molecule has 2 amide bonds. The minimum absolute atomic E-state index is 0.00933. The van der Waals surface area contributed by atoms with Gasteiger partial charge in [-0.3, -0.25) is 14.5 Å². The number of hydrogen-bond donors (Lipinski definition) is 2. The van der Waals surface area contributed by atoms with E-state index >= 15 is 0 Å². The smallest absolute Gasteiger partial charge is 0.341 e. The maximum Gasteiger partial charge on any atom is 0.341 e. The summed E-state index contributed by atoms with van der Waals surface area (Å²) in [6, 6.07) is 0. The van der Waals surface area contributed by atoms with Crippen molar-refractivity contribution in [3.8, 4) is 0 Å². The number of amides is 2. The molecule has 2 rings (SSSR count). The summed E-state index contributed by atoms with van der Waals surface area (Å²) in [6.07, 6.45) is 2.28. The van der Waals surface area contributed by atoms with Crippen LogP contribution in [0, 0.1) is 19.8 Å². The standard InChI is InChI=1S/C21H33N3O5S/c1-5-29-12-6-9-22-19(26)16-7-10-24(11-8-16)13-17(25)23-20-18(21(27)28-4)14(2)15(3)30-20/h16H,5-13H2,1-4H3,(H,22,26)(H,23,25). The predicted octanol–water partition coefficient (Wildman–Crippen LogP) is 2.34. The van der Waals surface area contributed by atoms with Crippen LogP contribution in [0.5, 0.6) is 0 Å². The van der Waals surface area contributed by atoms with Crippen molar-refractivity contribution in [2.24, 2.45) is 5.92 Å². The Bertz CT molecular complexity index is 741. The molecule has 0 atom stereocenters. The zero-order valence-electron chi connectivity index (χ0n) is 18.3. The van der Waals surface area contributed by atoms with Crippen LogP contribution < -0.4 is 10.6 Å². The fraction of sp³-hybridized carbons (Fsp3) is 0.667. The lowest BCUT2D eigenvalue weighted by molar-refractivity contribution is -0.126. The van der Waals surface area contributed by atoms with E-state index in [1.165, 1.54) is 18.4 Å². The first-order chi connectivity index (χ1) is 14.4. The number of hydrogen-bond acceptors (Lipinski definition) is 7. The molecule has 0 aromatic carbocycles. The molecule has 0 saturated carbocycles. The van der Waals surface area contributed by atoms with Gasteiger partial charge in [-0.05, 0) is 58.7 Å². The van der Waals surface area contributed by atoms with E-state index < -0.39 is 5.97 Å². The molecule has 0 bridgehead atoms. The topological polar surface area (TPSA) is 97.0 Å².